The van der Waals surface area contributed by atoms with Gasteiger partial charge in [-0.3, -0.25) is 15.0 Å². The molecule has 188 valence electrons. The second-order valence-corrected chi connectivity index (χ2v) is 8.53. The molecule has 1 N–H and O–H groups in total. The van der Waals surface area contributed by atoms with E-state index in [0.29, 0.717) is 44.0 Å². The third-order valence-electron chi connectivity index (χ3n) is 6.32. The third-order valence-corrected chi connectivity index (χ3v) is 6.32. The number of nitrogens with one attached hydrogen (secondary N) is 1. The monoisotopic (exact) mass is 482 g/mol. The van der Waals surface area contributed by atoms with Gasteiger partial charge in [-0.05, 0) is 49.2 Å². The van der Waals surface area contributed by atoms with Crippen molar-refractivity contribution in [2.45, 2.75) is 32.4 Å². The van der Waals surface area contributed by atoms with Crippen molar-refractivity contribution in [3.8, 4) is 11.5 Å². The molecule has 0 aromatic heterocycles. The van der Waals surface area contributed by atoms with Crippen molar-refractivity contribution in [3.05, 3.63) is 70.2 Å². The Kier molecular flexibility index (Phi) is 8.15. The van der Waals surface area contributed by atoms with E-state index in [2.05, 4.69) is 47.6 Å². The molecule has 1 aromatic carbocycles. The number of hydrogen-bond acceptors (Lipinski definition) is 8. The quantitative estimate of drug-likeness (QED) is 0.589. The SMILES string of the molecule is CCOC(=O)CCNC1c2c(ccc(OC)c2OC)C/C=C\C2=CCC3=C(C=C2CN1C)OCO3. The highest BCUT2D eigenvalue weighted by Crippen LogP contribution is 2.40. The van der Waals surface area contributed by atoms with Crippen molar-refractivity contribution in [3.63, 3.8) is 0 Å². The molecule has 8 heteroatoms. The smallest absolute Gasteiger partial charge is 0.307 e. The molecule has 1 aliphatic carbocycles. The summed E-state index contributed by atoms with van der Waals surface area (Å²) in [5.41, 5.74) is 4.38. The number of carbonyl (C=O) groups is 1. The Bertz CT molecular complexity index is 1070. The Balaban J connectivity index is 1.74. The van der Waals surface area contributed by atoms with Gasteiger partial charge in [-0.2, -0.15) is 0 Å². The van der Waals surface area contributed by atoms with Crippen molar-refractivity contribution in [2.75, 3.05) is 47.8 Å². The molecule has 0 bridgehead atoms. The zero-order chi connectivity index (χ0) is 24.8. The maximum atomic E-state index is 12.0. The van der Waals surface area contributed by atoms with E-state index in [1.807, 2.05) is 13.0 Å². The minimum Gasteiger partial charge on any atom is -0.493 e. The number of hydrogen-bond donors (Lipinski definition) is 1. The Morgan fingerprint density at radius 2 is 2.06 bits per heavy atom. The predicted octanol–water partition coefficient (Wildman–Crippen LogP) is 3.76. The molecular weight excluding hydrogens is 448 g/mol. The molecule has 0 saturated heterocycles. The fourth-order valence-corrected chi connectivity index (χ4v) is 4.65. The van der Waals surface area contributed by atoms with Gasteiger partial charge in [0.15, 0.2) is 17.3 Å². The van der Waals surface area contributed by atoms with Gasteiger partial charge in [0.25, 0.3) is 0 Å². The molecule has 0 amide bonds. The van der Waals surface area contributed by atoms with E-state index in [-0.39, 0.29) is 25.3 Å². The molecule has 1 atom stereocenters. The number of rotatable bonds is 7. The summed E-state index contributed by atoms with van der Waals surface area (Å²) in [5, 5.41) is 3.57. The first-order valence-electron chi connectivity index (χ1n) is 11.9. The molecular formula is C27H34N2O6. The van der Waals surface area contributed by atoms with Gasteiger partial charge in [0.05, 0.1) is 33.4 Å². The van der Waals surface area contributed by atoms with Crippen LogP contribution in [-0.4, -0.2) is 58.6 Å². The van der Waals surface area contributed by atoms with E-state index in [9.17, 15) is 4.79 Å². The Labute approximate surface area is 206 Å². The van der Waals surface area contributed by atoms with E-state index in [0.717, 1.165) is 33.8 Å². The molecule has 0 spiro atoms. The first kappa shape index (κ1) is 24.9. The summed E-state index contributed by atoms with van der Waals surface area (Å²) < 4.78 is 28.0. The van der Waals surface area contributed by atoms with Gasteiger partial charge in [-0.25, -0.2) is 0 Å². The predicted molar refractivity (Wildman–Crippen MR) is 132 cm³/mol. The summed E-state index contributed by atoms with van der Waals surface area (Å²) in [7, 11) is 5.35. The molecule has 3 aliphatic rings. The normalized spacial score (nSPS) is 20.6. The first-order valence-corrected chi connectivity index (χ1v) is 11.9. The number of nitrogens with zero attached hydrogens (tertiary/aromatic N) is 1. The summed E-state index contributed by atoms with van der Waals surface area (Å²) in [6.45, 7) is 3.53. The van der Waals surface area contributed by atoms with Crippen LogP contribution in [0.1, 0.15) is 37.1 Å². The van der Waals surface area contributed by atoms with E-state index < -0.39 is 0 Å². The molecule has 1 unspecified atom stereocenters. The summed E-state index contributed by atoms with van der Waals surface area (Å²) in [5.74, 6) is 2.78. The van der Waals surface area contributed by atoms with Gasteiger partial charge in [0.1, 0.15) is 5.76 Å². The number of likely N-dealkylation sites (N-methyl/N-ethyl adjacent to an activating group) is 1. The number of carbonyl (C=O) groups excluding carboxylic acids is 1. The number of methoxy groups -OCH3 is 2. The lowest BCUT2D eigenvalue weighted by Crippen LogP contribution is -2.39. The maximum absolute atomic E-state index is 12.0. The van der Waals surface area contributed by atoms with Crippen molar-refractivity contribution in [2.24, 2.45) is 0 Å². The highest BCUT2D eigenvalue weighted by Gasteiger charge is 2.29. The number of fused-ring (bicyclic) bond motifs is 2. The fourth-order valence-electron chi connectivity index (χ4n) is 4.65. The molecule has 1 aromatic rings. The molecule has 8 nitrogen and oxygen atoms in total. The van der Waals surface area contributed by atoms with Crippen LogP contribution < -0.4 is 14.8 Å². The lowest BCUT2D eigenvalue weighted by Gasteiger charge is -2.33. The topological polar surface area (TPSA) is 78.5 Å². The molecule has 35 heavy (non-hydrogen) atoms. The van der Waals surface area contributed by atoms with Crippen molar-refractivity contribution in [1.29, 1.82) is 0 Å². The van der Waals surface area contributed by atoms with Gasteiger partial charge in [0.2, 0.25) is 6.79 Å². The molecule has 2 aliphatic heterocycles. The zero-order valence-electron chi connectivity index (χ0n) is 20.9. The van der Waals surface area contributed by atoms with E-state index >= 15 is 0 Å². The summed E-state index contributed by atoms with van der Waals surface area (Å²) in [6, 6.07) is 4.01. The van der Waals surface area contributed by atoms with Gasteiger partial charge < -0.3 is 23.7 Å². The van der Waals surface area contributed by atoms with Crippen molar-refractivity contribution >= 4 is 5.97 Å². The second kappa shape index (κ2) is 11.5. The number of benzene rings is 1. The van der Waals surface area contributed by atoms with Gasteiger partial charge >= 0.3 is 5.97 Å². The maximum Gasteiger partial charge on any atom is 0.307 e. The summed E-state index contributed by atoms with van der Waals surface area (Å²) in [6.07, 6.45) is 10.0. The highest BCUT2D eigenvalue weighted by atomic mass is 16.7. The van der Waals surface area contributed by atoms with Crippen LogP contribution >= 0.6 is 0 Å². The Morgan fingerprint density at radius 3 is 2.83 bits per heavy atom. The first-order chi connectivity index (χ1) is 17.0. The number of esters is 1. The fraction of sp³-hybridized carbons (Fsp3) is 0.444. The van der Waals surface area contributed by atoms with E-state index in [1.165, 1.54) is 0 Å². The van der Waals surface area contributed by atoms with Gasteiger partial charge in [-0.15, -0.1) is 0 Å². The second-order valence-electron chi connectivity index (χ2n) is 8.53. The molecule has 0 radical (unpaired) electrons. The standard InChI is InChI=1S/C27H34N2O6/c1-5-33-24(30)13-14-28-27-25-19(10-12-22(31-3)26(25)32-4)8-6-7-18-9-11-21-23(35-17-34-21)15-20(18)16-29(27)2/h6-7,9-10,12,15,27-28H,5,8,11,13-14,16-17H2,1-4H3/b7-6-. The Morgan fingerprint density at radius 1 is 1.20 bits per heavy atom. The minimum atomic E-state index is -0.240. The van der Waals surface area contributed by atoms with Crippen molar-refractivity contribution < 1.29 is 28.5 Å². The van der Waals surface area contributed by atoms with E-state index in [1.54, 1.807) is 14.2 Å². The average Bonchev–Trinajstić information content (AvgIpc) is 3.23. The number of allylic oxidation sites excluding steroid dienone is 4. The lowest BCUT2D eigenvalue weighted by atomic mass is 9.95. The lowest BCUT2D eigenvalue weighted by molar-refractivity contribution is -0.143. The third kappa shape index (κ3) is 5.55. The number of ether oxygens (including phenoxy) is 5. The van der Waals surface area contributed by atoms with Gasteiger partial charge in [-0.1, -0.05) is 24.3 Å². The summed E-state index contributed by atoms with van der Waals surface area (Å²) >= 11 is 0. The van der Waals surface area contributed by atoms with Crippen LogP contribution in [0.15, 0.2) is 59.1 Å². The van der Waals surface area contributed by atoms with Crippen LogP contribution in [0.4, 0.5) is 0 Å². The van der Waals surface area contributed by atoms with Crippen molar-refractivity contribution in [1.82, 2.24) is 10.2 Å². The molecule has 4 rings (SSSR count). The van der Waals surface area contributed by atoms with Crippen LogP contribution in [0.2, 0.25) is 0 Å². The van der Waals surface area contributed by atoms with Crippen LogP contribution in [0.25, 0.3) is 0 Å². The largest absolute Gasteiger partial charge is 0.493 e. The highest BCUT2D eigenvalue weighted by molar-refractivity contribution is 5.69. The van der Waals surface area contributed by atoms with E-state index in [4.69, 9.17) is 23.7 Å². The average molecular weight is 483 g/mol. The van der Waals surface area contributed by atoms with Crippen LogP contribution in [0.3, 0.4) is 0 Å². The van der Waals surface area contributed by atoms with Crippen LogP contribution in [0.5, 0.6) is 11.5 Å². The molecule has 0 fully saturated rings. The minimum absolute atomic E-state index is 0.224. The van der Waals surface area contributed by atoms with Crippen LogP contribution in [-0.2, 0) is 25.4 Å². The van der Waals surface area contributed by atoms with Gasteiger partial charge in [0, 0.05) is 25.1 Å². The molecule has 2 heterocycles. The zero-order valence-corrected chi connectivity index (χ0v) is 20.9. The summed E-state index contributed by atoms with van der Waals surface area (Å²) in [4.78, 5) is 14.2. The Hall–Kier alpha value is -3.23. The van der Waals surface area contributed by atoms with Crippen LogP contribution in [0, 0.1) is 0 Å². The molecule has 0 saturated carbocycles.